The number of nitriles is 1. The van der Waals surface area contributed by atoms with E-state index in [-0.39, 0.29) is 24.0 Å². The summed E-state index contributed by atoms with van der Waals surface area (Å²) in [6, 6.07) is 11.0. The molecule has 0 bridgehead atoms. The van der Waals surface area contributed by atoms with Crippen LogP contribution in [0, 0.1) is 18.3 Å². The molecule has 0 spiro atoms. The molecule has 4 heteroatoms. The number of halogens is 1. The minimum Gasteiger partial charge on any atom is -1.00 e. The molecule has 19 heavy (non-hydrogen) atoms. The maximum absolute atomic E-state index is 8.70. The Morgan fingerprint density at radius 2 is 1.79 bits per heavy atom. The minimum absolute atomic E-state index is 0. The topological polar surface area (TPSA) is 27.0 Å². The molecule has 1 aromatic rings. The lowest BCUT2D eigenvalue weighted by Crippen LogP contribution is -3.00. The summed E-state index contributed by atoms with van der Waals surface area (Å²) >= 11 is 0. The van der Waals surface area contributed by atoms with Crippen molar-refractivity contribution < 1.29 is 28.5 Å². The minimum atomic E-state index is 0. The molecule has 2 rings (SSSR count). The lowest BCUT2D eigenvalue weighted by atomic mass is 10.2. The van der Waals surface area contributed by atoms with Crippen molar-refractivity contribution in [3.05, 3.63) is 29.8 Å². The fourth-order valence-corrected chi connectivity index (χ4v) is 2.51. The number of aryl methyl sites for hydroxylation is 1. The normalized spacial score (nSPS) is 17.4. The van der Waals surface area contributed by atoms with Crippen molar-refractivity contribution in [3.8, 4) is 6.07 Å². The summed E-state index contributed by atoms with van der Waals surface area (Å²) in [6.07, 6.45) is 0.668. The van der Waals surface area contributed by atoms with Crippen molar-refractivity contribution in [3.63, 3.8) is 0 Å². The fourth-order valence-electron chi connectivity index (χ4n) is 2.51. The van der Waals surface area contributed by atoms with Gasteiger partial charge >= 0.3 is 0 Å². The van der Waals surface area contributed by atoms with Gasteiger partial charge in [0.2, 0.25) is 0 Å². The number of anilines is 1. The molecule has 0 aliphatic carbocycles. The van der Waals surface area contributed by atoms with Gasteiger partial charge in [0.05, 0.1) is 52.3 Å². The third-order valence-corrected chi connectivity index (χ3v) is 3.98. The van der Waals surface area contributed by atoms with Gasteiger partial charge in [0.25, 0.3) is 0 Å². The van der Waals surface area contributed by atoms with Crippen molar-refractivity contribution in [2.45, 2.75) is 13.3 Å². The number of likely N-dealkylation sites (N-methyl/N-ethyl adjacent to an activating group) is 1. The number of benzene rings is 1. The molecular weight excluding hydrogens is 349 g/mol. The standard InChI is InChI=1S/C15H22N3.HI/c1-14-4-6-15(7-5-14)17-9-12-18(2,13-10-17)11-3-8-16;/h4-7H,3,9-13H2,1-2H3;1H/q+1;/p-1. The zero-order valence-electron chi connectivity index (χ0n) is 11.8. The first-order chi connectivity index (χ1) is 8.63. The van der Waals surface area contributed by atoms with E-state index in [0.29, 0.717) is 6.42 Å². The Morgan fingerprint density at radius 1 is 1.21 bits per heavy atom. The van der Waals surface area contributed by atoms with Crippen LogP contribution in [0.2, 0.25) is 0 Å². The maximum atomic E-state index is 8.70. The Hall–Kier alpha value is -0.800. The van der Waals surface area contributed by atoms with Crippen LogP contribution in [0.5, 0.6) is 0 Å². The van der Waals surface area contributed by atoms with E-state index in [0.717, 1.165) is 37.2 Å². The van der Waals surface area contributed by atoms with Gasteiger partial charge in [-0.3, -0.25) is 0 Å². The molecule has 1 saturated heterocycles. The van der Waals surface area contributed by atoms with Gasteiger partial charge in [0, 0.05) is 5.69 Å². The van der Waals surface area contributed by atoms with Gasteiger partial charge in [-0.05, 0) is 19.1 Å². The van der Waals surface area contributed by atoms with Gasteiger partial charge in [-0.15, -0.1) is 0 Å². The monoisotopic (exact) mass is 371 g/mol. The Morgan fingerprint density at radius 3 is 2.32 bits per heavy atom. The Labute approximate surface area is 133 Å². The van der Waals surface area contributed by atoms with E-state index in [1.54, 1.807) is 0 Å². The summed E-state index contributed by atoms with van der Waals surface area (Å²) < 4.78 is 1.04. The van der Waals surface area contributed by atoms with E-state index in [4.69, 9.17) is 5.26 Å². The van der Waals surface area contributed by atoms with Crippen LogP contribution in [0.1, 0.15) is 12.0 Å². The third kappa shape index (κ3) is 4.36. The van der Waals surface area contributed by atoms with E-state index in [2.05, 4.69) is 49.2 Å². The van der Waals surface area contributed by atoms with Crippen molar-refractivity contribution in [2.75, 3.05) is 44.7 Å². The van der Waals surface area contributed by atoms with Crippen LogP contribution in [0.15, 0.2) is 24.3 Å². The second kappa shape index (κ2) is 7.11. The van der Waals surface area contributed by atoms with Crippen LogP contribution >= 0.6 is 0 Å². The highest BCUT2D eigenvalue weighted by Crippen LogP contribution is 2.19. The molecule has 0 N–H and O–H groups in total. The zero-order chi connectivity index (χ0) is 13.0. The van der Waals surface area contributed by atoms with Crippen molar-refractivity contribution >= 4 is 5.69 Å². The summed E-state index contributed by atoms with van der Waals surface area (Å²) in [7, 11) is 2.27. The summed E-state index contributed by atoms with van der Waals surface area (Å²) in [5.41, 5.74) is 2.64. The van der Waals surface area contributed by atoms with Crippen LogP contribution in [0.3, 0.4) is 0 Å². The predicted molar refractivity (Wildman–Crippen MR) is 74.4 cm³/mol. The van der Waals surface area contributed by atoms with E-state index in [9.17, 15) is 0 Å². The molecular formula is C15H22IN3. The van der Waals surface area contributed by atoms with E-state index in [1.807, 2.05) is 0 Å². The molecule has 1 aromatic carbocycles. The fraction of sp³-hybridized carbons (Fsp3) is 0.533. The highest BCUT2D eigenvalue weighted by molar-refractivity contribution is 5.47. The van der Waals surface area contributed by atoms with Gasteiger partial charge in [-0.2, -0.15) is 5.26 Å². The van der Waals surface area contributed by atoms with E-state index >= 15 is 0 Å². The van der Waals surface area contributed by atoms with Crippen LogP contribution < -0.4 is 28.9 Å². The van der Waals surface area contributed by atoms with Crippen LogP contribution in [0.4, 0.5) is 5.69 Å². The summed E-state index contributed by atoms with van der Waals surface area (Å²) in [4.78, 5) is 2.45. The SMILES string of the molecule is Cc1ccc(N2CC[N+](C)(CCC#N)CC2)cc1.[I-]. The average Bonchev–Trinajstić information content (AvgIpc) is 2.39. The van der Waals surface area contributed by atoms with Crippen LogP contribution in [0.25, 0.3) is 0 Å². The molecule has 1 fully saturated rings. The summed E-state index contributed by atoms with van der Waals surface area (Å²) in [5.74, 6) is 0. The number of nitrogens with zero attached hydrogens (tertiary/aromatic N) is 3. The summed E-state index contributed by atoms with van der Waals surface area (Å²) in [5, 5.41) is 8.70. The molecule has 1 aliphatic heterocycles. The number of piperazine rings is 1. The maximum Gasteiger partial charge on any atom is 0.0963 e. The first kappa shape index (κ1) is 16.3. The molecule has 0 saturated carbocycles. The number of hydrogen-bond donors (Lipinski definition) is 0. The van der Waals surface area contributed by atoms with Gasteiger partial charge in [0.1, 0.15) is 0 Å². The average molecular weight is 371 g/mol. The van der Waals surface area contributed by atoms with E-state index in [1.165, 1.54) is 11.3 Å². The van der Waals surface area contributed by atoms with Gasteiger partial charge in [0.15, 0.2) is 0 Å². The van der Waals surface area contributed by atoms with Crippen molar-refractivity contribution in [1.29, 1.82) is 5.26 Å². The first-order valence-corrected chi connectivity index (χ1v) is 6.65. The quantitative estimate of drug-likeness (QED) is 0.513. The molecule has 0 radical (unpaired) electrons. The smallest absolute Gasteiger partial charge is 0.0963 e. The molecule has 0 atom stereocenters. The highest BCUT2D eigenvalue weighted by atomic mass is 127. The highest BCUT2D eigenvalue weighted by Gasteiger charge is 2.28. The predicted octanol–water partition coefficient (Wildman–Crippen LogP) is -0.821. The van der Waals surface area contributed by atoms with Gasteiger partial charge in [-0.25, -0.2) is 0 Å². The van der Waals surface area contributed by atoms with Crippen molar-refractivity contribution in [1.82, 2.24) is 0 Å². The largest absolute Gasteiger partial charge is 1.00 e. The molecule has 104 valence electrons. The van der Waals surface area contributed by atoms with Crippen LogP contribution in [-0.4, -0.2) is 44.3 Å². The second-order valence-electron chi connectivity index (χ2n) is 5.52. The lowest BCUT2D eigenvalue weighted by molar-refractivity contribution is -0.909. The summed E-state index contributed by atoms with van der Waals surface area (Å²) in [6.45, 7) is 7.55. The Balaban J connectivity index is 0.00000180. The lowest BCUT2D eigenvalue weighted by Gasteiger charge is -2.42. The zero-order valence-corrected chi connectivity index (χ0v) is 13.9. The Bertz CT molecular complexity index is 428. The van der Waals surface area contributed by atoms with Crippen molar-refractivity contribution in [2.24, 2.45) is 0 Å². The Kier molecular flexibility index (Phi) is 6.08. The van der Waals surface area contributed by atoms with E-state index < -0.39 is 0 Å². The molecule has 3 nitrogen and oxygen atoms in total. The first-order valence-electron chi connectivity index (χ1n) is 6.65. The number of hydrogen-bond acceptors (Lipinski definition) is 2. The second-order valence-corrected chi connectivity index (χ2v) is 5.52. The third-order valence-electron chi connectivity index (χ3n) is 3.98. The van der Waals surface area contributed by atoms with Crippen LogP contribution in [-0.2, 0) is 0 Å². The molecule has 1 aliphatic rings. The van der Waals surface area contributed by atoms with Gasteiger partial charge < -0.3 is 33.4 Å². The molecule has 1 heterocycles. The number of quaternary nitrogens is 1. The number of rotatable bonds is 3. The molecule has 0 unspecified atom stereocenters. The van der Waals surface area contributed by atoms with Gasteiger partial charge in [-0.1, -0.05) is 17.7 Å². The molecule has 0 amide bonds. The molecule has 0 aromatic heterocycles.